The Morgan fingerprint density at radius 3 is 2.33 bits per heavy atom. The number of rotatable bonds is 5. The summed E-state index contributed by atoms with van der Waals surface area (Å²) in [6, 6.07) is 3.48. The van der Waals surface area contributed by atoms with Crippen molar-refractivity contribution in [3.05, 3.63) is 29.3 Å². The number of carbonyl (C=O) groups is 3. The number of carboxylic acid groups (broad SMARTS) is 2. The van der Waals surface area contributed by atoms with E-state index in [4.69, 9.17) is 10.2 Å². The molecule has 0 aliphatic rings. The molecule has 0 saturated heterocycles. The second kappa shape index (κ2) is 5.81. The summed E-state index contributed by atoms with van der Waals surface area (Å²) >= 11 is 0. The van der Waals surface area contributed by atoms with E-state index >= 15 is 0 Å². The Balaban J connectivity index is 3.11. The fraction of sp³-hybridized carbons (Fsp3) is 0.250. The van der Waals surface area contributed by atoms with Crippen molar-refractivity contribution in [3.63, 3.8) is 0 Å². The molecule has 0 atom stereocenters. The maximum absolute atomic E-state index is 11.4. The van der Waals surface area contributed by atoms with Gasteiger partial charge in [-0.1, -0.05) is 6.92 Å². The molecule has 0 aromatic heterocycles. The van der Waals surface area contributed by atoms with Gasteiger partial charge in [0.1, 0.15) is 0 Å². The van der Waals surface area contributed by atoms with Gasteiger partial charge in [0.2, 0.25) is 5.91 Å². The van der Waals surface area contributed by atoms with Crippen molar-refractivity contribution in [1.29, 1.82) is 0 Å². The molecule has 1 amide bonds. The van der Waals surface area contributed by atoms with E-state index in [1.165, 1.54) is 6.07 Å². The number of carbonyl (C=O) groups excluding carboxylic acids is 1. The number of nitrogens with one attached hydrogen (secondary N) is 1. The topological polar surface area (TPSA) is 104 Å². The first-order chi connectivity index (χ1) is 8.45. The molecule has 0 spiro atoms. The number of aromatic carboxylic acids is 2. The fourth-order valence-electron chi connectivity index (χ4n) is 1.41. The fourth-order valence-corrected chi connectivity index (χ4v) is 1.41. The van der Waals surface area contributed by atoms with Gasteiger partial charge in [0.15, 0.2) is 0 Å². The highest BCUT2D eigenvalue weighted by Crippen LogP contribution is 2.18. The molecular formula is C12H13NO5. The van der Waals surface area contributed by atoms with Crippen molar-refractivity contribution < 1.29 is 24.6 Å². The minimum absolute atomic E-state index is 0.000787. The summed E-state index contributed by atoms with van der Waals surface area (Å²) in [6.45, 7) is 1.81. The number of amides is 1. The van der Waals surface area contributed by atoms with Gasteiger partial charge >= 0.3 is 11.9 Å². The van der Waals surface area contributed by atoms with E-state index in [0.717, 1.165) is 12.1 Å². The molecule has 0 heterocycles. The second-order valence-electron chi connectivity index (χ2n) is 3.67. The molecule has 0 fully saturated rings. The molecule has 1 rings (SSSR count). The molecule has 6 heteroatoms. The first kappa shape index (κ1) is 13.7. The lowest BCUT2D eigenvalue weighted by Crippen LogP contribution is -2.15. The molecule has 96 valence electrons. The molecule has 0 radical (unpaired) electrons. The van der Waals surface area contributed by atoms with Gasteiger partial charge in [-0.25, -0.2) is 9.59 Å². The number of hydrogen-bond acceptors (Lipinski definition) is 3. The summed E-state index contributed by atoms with van der Waals surface area (Å²) in [4.78, 5) is 33.1. The highest BCUT2D eigenvalue weighted by atomic mass is 16.4. The zero-order valence-corrected chi connectivity index (χ0v) is 9.77. The molecule has 0 unspecified atom stereocenters. The van der Waals surface area contributed by atoms with Crippen molar-refractivity contribution >= 4 is 23.5 Å². The Bertz CT molecular complexity index is 495. The Kier molecular flexibility index (Phi) is 4.42. The molecule has 1 aromatic rings. The number of hydrogen-bond donors (Lipinski definition) is 3. The van der Waals surface area contributed by atoms with Crippen LogP contribution in [0.4, 0.5) is 5.69 Å². The highest BCUT2D eigenvalue weighted by Gasteiger charge is 2.15. The van der Waals surface area contributed by atoms with E-state index in [-0.39, 0.29) is 29.1 Å². The van der Waals surface area contributed by atoms with E-state index in [2.05, 4.69) is 5.32 Å². The zero-order chi connectivity index (χ0) is 13.7. The van der Waals surface area contributed by atoms with Crippen LogP contribution in [0.2, 0.25) is 0 Å². The third kappa shape index (κ3) is 3.31. The van der Waals surface area contributed by atoms with E-state index in [0.29, 0.717) is 6.42 Å². The molecule has 0 saturated carbocycles. The van der Waals surface area contributed by atoms with Gasteiger partial charge < -0.3 is 15.5 Å². The summed E-state index contributed by atoms with van der Waals surface area (Å²) < 4.78 is 0. The van der Waals surface area contributed by atoms with Crippen LogP contribution >= 0.6 is 0 Å². The van der Waals surface area contributed by atoms with Crippen LogP contribution in [0.25, 0.3) is 0 Å². The van der Waals surface area contributed by atoms with Crippen LogP contribution in [-0.4, -0.2) is 28.1 Å². The van der Waals surface area contributed by atoms with Crippen molar-refractivity contribution in [2.45, 2.75) is 19.8 Å². The Labute approximate surface area is 103 Å². The lowest BCUT2D eigenvalue weighted by Gasteiger charge is -2.09. The van der Waals surface area contributed by atoms with Gasteiger partial charge in [-0.3, -0.25) is 4.79 Å². The zero-order valence-electron chi connectivity index (χ0n) is 9.77. The van der Waals surface area contributed by atoms with Crippen LogP contribution in [-0.2, 0) is 4.79 Å². The predicted molar refractivity (Wildman–Crippen MR) is 63.9 cm³/mol. The number of benzene rings is 1. The van der Waals surface area contributed by atoms with Crippen LogP contribution in [0.15, 0.2) is 18.2 Å². The van der Waals surface area contributed by atoms with Gasteiger partial charge in [-0.2, -0.15) is 0 Å². The van der Waals surface area contributed by atoms with Crippen molar-refractivity contribution in [1.82, 2.24) is 0 Å². The summed E-state index contributed by atoms with van der Waals surface area (Å²) in [5.41, 5.74) is -0.211. The highest BCUT2D eigenvalue weighted by molar-refractivity contribution is 6.02. The maximum Gasteiger partial charge on any atom is 0.337 e. The van der Waals surface area contributed by atoms with Crippen molar-refractivity contribution in [2.24, 2.45) is 0 Å². The summed E-state index contributed by atoms with van der Waals surface area (Å²) in [5, 5.41) is 20.2. The number of anilines is 1. The van der Waals surface area contributed by atoms with Crippen LogP contribution in [0.1, 0.15) is 40.5 Å². The molecule has 18 heavy (non-hydrogen) atoms. The lowest BCUT2D eigenvalue weighted by molar-refractivity contribution is -0.116. The minimum Gasteiger partial charge on any atom is -0.478 e. The van der Waals surface area contributed by atoms with E-state index in [9.17, 15) is 14.4 Å². The Morgan fingerprint density at radius 2 is 1.83 bits per heavy atom. The van der Waals surface area contributed by atoms with E-state index in [1.807, 2.05) is 6.92 Å². The third-order valence-electron chi connectivity index (χ3n) is 2.25. The molecule has 1 aromatic carbocycles. The van der Waals surface area contributed by atoms with Gasteiger partial charge in [0.05, 0.1) is 16.8 Å². The van der Waals surface area contributed by atoms with Gasteiger partial charge in [-0.15, -0.1) is 0 Å². The minimum atomic E-state index is -1.22. The van der Waals surface area contributed by atoms with Gasteiger partial charge in [0, 0.05) is 6.42 Å². The Morgan fingerprint density at radius 1 is 1.17 bits per heavy atom. The van der Waals surface area contributed by atoms with Crippen molar-refractivity contribution in [3.8, 4) is 0 Å². The first-order valence-electron chi connectivity index (χ1n) is 5.36. The van der Waals surface area contributed by atoms with Crippen LogP contribution in [0.3, 0.4) is 0 Å². The first-order valence-corrected chi connectivity index (χ1v) is 5.36. The molecule has 3 N–H and O–H groups in total. The average Bonchev–Trinajstić information content (AvgIpc) is 2.28. The van der Waals surface area contributed by atoms with Crippen LogP contribution < -0.4 is 5.32 Å². The summed E-state index contributed by atoms with van der Waals surface area (Å²) in [6.07, 6.45) is 0.864. The van der Waals surface area contributed by atoms with Gasteiger partial charge in [0.25, 0.3) is 0 Å². The monoisotopic (exact) mass is 251 g/mol. The smallest absolute Gasteiger partial charge is 0.337 e. The average molecular weight is 251 g/mol. The number of carboxylic acids is 2. The normalized spacial score (nSPS) is 9.83. The SMILES string of the molecule is CCCC(=O)Nc1cc(C(=O)O)ccc1C(=O)O. The van der Waals surface area contributed by atoms with Crippen LogP contribution in [0.5, 0.6) is 0 Å². The van der Waals surface area contributed by atoms with E-state index < -0.39 is 11.9 Å². The van der Waals surface area contributed by atoms with Crippen LogP contribution in [0, 0.1) is 0 Å². The molecule has 0 aliphatic carbocycles. The standard InChI is InChI=1S/C12H13NO5/c1-2-3-10(14)13-9-6-7(11(15)16)4-5-8(9)12(17)18/h4-6H,2-3H2,1H3,(H,13,14)(H,15,16)(H,17,18). The van der Waals surface area contributed by atoms with E-state index in [1.54, 1.807) is 0 Å². The molecule has 6 nitrogen and oxygen atoms in total. The second-order valence-corrected chi connectivity index (χ2v) is 3.67. The summed E-state index contributed by atoms with van der Waals surface area (Å²) in [7, 11) is 0. The summed E-state index contributed by atoms with van der Waals surface area (Å²) in [5.74, 6) is -2.75. The lowest BCUT2D eigenvalue weighted by atomic mass is 10.1. The predicted octanol–water partition coefficient (Wildman–Crippen LogP) is 1.82. The quantitative estimate of drug-likeness (QED) is 0.740. The van der Waals surface area contributed by atoms with Gasteiger partial charge in [-0.05, 0) is 24.6 Å². The third-order valence-corrected chi connectivity index (χ3v) is 2.25. The maximum atomic E-state index is 11.4. The molecule has 0 aliphatic heterocycles. The molecule has 0 bridgehead atoms. The largest absolute Gasteiger partial charge is 0.478 e. The molecular weight excluding hydrogens is 238 g/mol. The Hall–Kier alpha value is -2.37. The van der Waals surface area contributed by atoms with Crippen molar-refractivity contribution in [2.75, 3.05) is 5.32 Å².